The van der Waals surface area contributed by atoms with Crippen molar-refractivity contribution in [3.63, 3.8) is 0 Å². The van der Waals surface area contributed by atoms with Crippen molar-refractivity contribution in [2.45, 2.75) is 78.1 Å². The average molecular weight is 252 g/mol. The molecule has 0 bridgehead atoms. The number of hydrogen-bond acceptors (Lipinski definition) is 1. The largest absolute Gasteiger partial charge is 0.152 e. The first kappa shape index (κ1) is 14.8. The Morgan fingerprint density at radius 2 is 1.41 bits per heavy atom. The summed E-state index contributed by atoms with van der Waals surface area (Å²) in [6.45, 7) is 4.52. The highest BCUT2D eigenvalue weighted by atomic mass is 32.1. The average Bonchev–Trinajstić information content (AvgIpc) is 2.73. The summed E-state index contributed by atoms with van der Waals surface area (Å²) in [5, 5.41) is 4.59. The van der Waals surface area contributed by atoms with E-state index in [4.69, 9.17) is 0 Å². The summed E-state index contributed by atoms with van der Waals surface area (Å²) in [5.41, 5.74) is 3.08. The summed E-state index contributed by atoms with van der Waals surface area (Å²) in [6, 6.07) is 0. The molecule has 0 aliphatic carbocycles. The molecule has 1 aromatic heterocycles. The predicted octanol–water partition coefficient (Wildman–Crippen LogP) is 6.13. The van der Waals surface area contributed by atoms with Gasteiger partial charge in [0.15, 0.2) is 0 Å². The number of aryl methyl sites for hydroxylation is 2. The van der Waals surface area contributed by atoms with Gasteiger partial charge in [-0.3, -0.25) is 0 Å². The van der Waals surface area contributed by atoms with Gasteiger partial charge in [-0.2, -0.15) is 11.3 Å². The Morgan fingerprint density at radius 1 is 0.824 bits per heavy atom. The van der Waals surface area contributed by atoms with E-state index in [0.29, 0.717) is 0 Å². The summed E-state index contributed by atoms with van der Waals surface area (Å²) >= 11 is 1.85. The van der Waals surface area contributed by atoms with E-state index in [2.05, 4.69) is 24.6 Å². The molecule has 0 saturated heterocycles. The quantitative estimate of drug-likeness (QED) is 0.439. The number of unbranched alkanes of at least 4 members (excludes halogenated alkanes) is 8. The Bertz CT molecular complexity index is 275. The molecule has 0 saturated carbocycles. The minimum absolute atomic E-state index is 1.30. The molecule has 0 amide bonds. The van der Waals surface area contributed by atoms with E-state index < -0.39 is 0 Å². The first-order chi connectivity index (χ1) is 8.34. The lowest BCUT2D eigenvalue weighted by atomic mass is 10.0. The summed E-state index contributed by atoms with van der Waals surface area (Å²) in [6.07, 6.45) is 14.1. The van der Waals surface area contributed by atoms with E-state index in [1.54, 1.807) is 5.56 Å². The minimum atomic E-state index is 1.30. The van der Waals surface area contributed by atoms with Gasteiger partial charge >= 0.3 is 0 Å². The van der Waals surface area contributed by atoms with Gasteiger partial charge in [0.2, 0.25) is 0 Å². The molecule has 0 aliphatic heterocycles. The molecule has 0 aliphatic rings. The lowest BCUT2D eigenvalue weighted by molar-refractivity contribution is 0.565. The van der Waals surface area contributed by atoms with Crippen molar-refractivity contribution in [1.82, 2.24) is 0 Å². The van der Waals surface area contributed by atoms with Crippen molar-refractivity contribution >= 4 is 11.3 Å². The Balaban J connectivity index is 1.86. The van der Waals surface area contributed by atoms with Gasteiger partial charge in [-0.25, -0.2) is 0 Å². The minimum Gasteiger partial charge on any atom is -0.152 e. The van der Waals surface area contributed by atoms with Crippen LogP contribution in [0.3, 0.4) is 0 Å². The molecule has 98 valence electrons. The first-order valence-corrected chi connectivity index (χ1v) is 8.30. The summed E-state index contributed by atoms with van der Waals surface area (Å²) in [4.78, 5) is 0. The van der Waals surface area contributed by atoms with E-state index in [0.717, 1.165) is 0 Å². The Morgan fingerprint density at radius 3 is 1.94 bits per heavy atom. The molecule has 0 spiro atoms. The summed E-state index contributed by atoms with van der Waals surface area (Å²) in [7, 11) is 0. The number of hydrogen-bond donors (Lipinski definition) is 0. The van der Waals surface area contributed by atoms with Crippen molar-refractivity contribution in [2.24, 2.45) is 0 Å². The molecule has 0 N–H and O–H groups in total. The molecule has 0 fully saturated rings. The van der Waals surface area contributed by atoms with Gasteiger partial charge in [-0.15, -0.1) is 0 Å². The predicted molar refractivity (Wildman–Crippen MR) is 80.0 cm³/mol. The van der Waals surface area contributed by atoms with Crippen molar-refractivity contribution < 1.29 is 0 Å². The van der Waals surface area contributed by atoms with Crippen LogP contribution in [0.15, 0.2) is 10.8 Å². The fraction of sp³-hybridized carbons (Fsp3) is 0.750. The molecule has 1 rings (SSSR count). The SMILES string of the molecule is CCCCCCCCCCCc1cscc1C. The van der Waals surface area contributed by atoms with Crippen molar-refractivity contribution in [3.8, 4) is 0 Å². The second-order valence-corrected chi connectivity index (χ2v) is 5.90. The van der Waals surface area contributed by atoms with Crippen molar-refractivity contribution in [1.29, 1.82) is 0 Å². The van der Waals surface area contributed by atoms with Gasteiger partial charge in [0.1, 0.15) is 0 Å². The van der Waals surface area contributed by atoms with Gasteiger partial charge in [-0.1, -0.05) is 58.3 Å². The highest BCUT2D eigenvalue weighted by Gasteiger charge is 1.98. The van der Waals surface area contributed by atoms with Gasteiger partial charge in [0, 0.05) is 0 Å². The van der Waals surface area contributed by atoms with Crippen LogP contribution in [-0.4, -0.2) is 0 Å². The van der Waals surface area contributed by atoms with Crippen LogP contribution in [0.1, 0.15) is 75.8 Å². The Hall–Kier alpha value is -0.300. The van der Waals surface area contributed by atoms with Crippen LogP contribution in [0.25, 0.3) is 0 Å². The fourth-order valence-corrected chi connectivity index (χ4v) is 3.16. The third kappa shape index (κ3) is 6.88. The van der Waals surface area contributed by atoms with E-state index in [1.807, 2.05) is 11.3 Å². The maximum Gasteiger partial charge on any atom is -0.00585 e. The normalized spacial score (nSPS) is 10.9. The van der Waals surface area contributed by atoms with Crippen molar-refractivity contribution in [3.05, 3.63) is 21.9 Å². The summed E-state index contributed by atoms with van der Waals surface area (Å²) in [5.74, 6) is 0. The van der Waals surface area contributed by atoms with Crippen LogP contribution in [0.2, 0.25) is 0 Å². The second-order valence-electron chi connectivity index (χ2n) is 5.16. The topological polar surface area (TPSA) is 0 Å². The maximum absolute atomic E-state index is 2.32. The third-order valence-corrected chi connectivity index (χ3v) is 4.42. The van der Waals surface area contributed by atoms with E-state index >= 15 is 0 Å². The van der Waals surface area contributed by atoms with E-state index in [-0.39, 0.29) is 0 Å². The zero-order chi connectivity index (χ0) is 12.3. The lowest BCUT2D eigenvalue weighted by Crippen LogP contribution is -1.86. The summed E-state index contributed by atoms with van der Waals surface area (Å²) < 4.78 is 0. The number of rotatable bonds is 10. The molecule has 1 aromatic rings. The zero-order valence-corrected chi connectivity index (χ0v) is 12.5. The van der Waals surface area contributed by atoms with Crippen molar-refractivity contribution in [2.75, 3.05) is 0 Å². The molecule has 17 heavy (non-hydrogen) atoms. The maximum atomic E-state index is 2.32. The highest BCUT2D eigenvalue weighted by molar-refractivity contribution is 7.08. The van der Waals surface area contributed by atoms with E-state index in [1.165, 1.54) is 69.8 Å². The molecule has 0 nitrogen and oxygen atoms in total. The molecular weight excluding hydrogens is 224 g/mol. The highest BCUT2D eigenvalue weighted by Crippen LogP contribution is 2.17. The van der Waals surface area contributed by atoms with Crippen LogP contribution in [0.5, 0.6) is 0 Å². The third-order valence-electron chi connectivity index (χ3n) is 3.51. The molecule has 0 aromatic carbocycles. The Labute approximate surface area is 111 Å². The van der Waals surface area contributed by atoms with E-state index in [9.17, 15) is 0 Å². The zero-order valence-electron chi connectivity index (χ0n) is 11.6. The standard InChI is InChI=1S/C16H28S/c1-3-4-5-6-7-8-9-10-11-12-16-14-17-13-15(16)2/h13-14H,3-12H2,1-2H3. The molecule has 0 unspecified atom stereocenters. The van der Waals surface area contributed by atoms with Gasteiger partial charge < -0.3 is 0 Å². The fourth-order valence-electron chi connectivity index (χ4n) is 2.27. The molecular formula is C16H28S. The second kappa shape index (κ2) is 9.70. The first-order valence-electron chi connectivity index (χ1n) is 7.36. The molecule has 0 radical (unpaired) electrons. The van der Waals surface area contributed by atoms with Crippen LogP contribution in [0, 0.1) is 6.92 Å². The van der Waals surface area contributed by atoms with Gasteiger partial charge in [0.05, 0.1) is 0 Å². The monoisotopic (exact) mass is 252 g/mol. The van der Waals surface area contributed by atoms with Crippen LogP contribution in [-0.2, 0) is 6.42 Å². The number of thiophene rings is 1. The van der Waals surface area contributed by atoms with Crippen LogP contribution in [0.4, 0.5) is 0 Å². The van der Waals surface area contributed by atoms with Crippen LogP contribution < -0.4 is 0 Å². The molecule has 1 heteroatoms. The van der Waals surface area contributed by atoms with Gasteiger partial charge in [-0.05, 0) is 41.7 Å². The smallest absolute Gasteiger partial charge is 0.00585 e. The lowest BCUT2D eigenvalue weighted by Gasteiger charge is -2.02. The Kier molecular flexibility index (Phi) is 8.42. The van der Waals surface area contributed by atoms with Crippen LogP contribution >= 0.6 is 11.3 Å². The molecule has 1 heterocycles. The van der Waals surface area contributed by atoms with Gasteiger partial charge in [0.25, 0.3) is 0 Å². The molecule has 0 atom stereocenters.